The summed E-state index contributed by atoms with van der Waals surface area (Å²) in [6.07, 6.45) is 3.84. The van der Waals surface area contributed by atoms with E-state index in [1.807, 2.05) is 6.07 Å². The lowest BCUT2D eigenvalue weighted by molar-refractivity contribution is 0.410. The maximum atomic E-state index is 5.34. The van der Waals surface area contributed by atoms with E-state index in [-0.39, 0.29) is 0 Å². The molecule has 0 heterocycles. The van der Waals surface area contributed by atoms with Gasteiger partial charge in [0, 0.05) is 0 Å². The lowest BCUT2D eigenvalue weighted by Crippen LogP contribution is -1.98. The molecule has 84 valence electrons. The van der Waals surface area contributed by atoms with Crippen LogP contribution < -0.4 is 4.74 Å². The number of benzene rings is 1. The van der Waals surface area contributed by atoms with Gasteiger partial charge in [0.05, 0.1) is 7.11 Å². The minimum atomic E-state index is 0.639. The molecule has 15 heavy (non-hydrogen) atoms. The zero-order valence-electron chi connectivity index (χ0n) is 10.3. The molecule has 0 N–H and O–H groups in total. The summed E-state index contributed by atoms with van der Waals surface area (Å²) in [6.45, 7) is 6.69. The average molecular weight is 206 g/mol. The molecule has 0 saturated carbocycles. The van der Waals surface area contributed by atoms with Gasteiger partial charge >= 0.3 is 0 Å². The van der Waals surface area contributed by atoms with Crippen molar-refractivity contribution in [1.82, 2.24) is 0 Å². The largest absolute Gasteiger partial charge is 0.496 e. The van der Waals surface area contributed by atoms with E-state index in [2.05, 4.69) is 32.9 Å². The summed E-state index contributed by atoms with van der Waals surface area (Å²) >= 11 is 0. The smallest absolute Gasteiger partial charge is 0.122 e. The number of unbranched alkanes of at least 4 members (excludes halogenated alkanes) is 1. The maximum absolute atomic E-state index is 5.34. The Bertz CT molecular complexity index is 304. The summed E-state index contributed by atoms with van der Waals surface area (Å²) in [5, 5.41) is 0. The Balaban J connectivity index is 2.83. The predicted molar refractivity (Wildman–Crippen MR) is 65.7 cm³/mol. The van der Waals surface area contributed by atoms with Gasteiger partial charge in [-0.1, -0.05) is 38.8 Å². The van der Waals surface area contributed by atoms with E-state index in [9.17, 15) is 0 Å². The van der Waals surface area contributed by atoms with Gasteiger partial charge in [-0.3, -0.25) is 0 Å². The molecule has 1 aromatic carbocycles. The highest BCUT2D eigenvalue weighted by Gasteiger charge is 2.10. The summed E-state index contributed by atoms with van der Waals surface area (Å²) in [4.78, 5) is 0. The van der Waals surface area contributed by atoms with Gasteiger partial charge < -0.3 is 4.74 Å². The molecule has 0 aliphatic rings. The number of ether oxygens (including phenoxy) is 1. The molecule has 1 rings (SSSR count). The maximum Gasteiger partial charge on any atom is 0.122 e. The van der Waals surface area contributed by atoms with E-state index >= 15 is 0 Å². The predicted octanol–water partition coefficient (Wildman–Crippen LogP) is 4.30. The highest BCUT2D eigenvalue weighted by Crippen LogP contribution is 2.29. The summed E-state index contributed by atoms with van der Waals surface area (Å²) < 4.78 is 5.34. The molecule has 1 atom stereocenters. The zero-order chi connectivity index (χ0) is 11.3. The Kier molecular flexibility index (Phi) is 4.67. The van der Waals surface area contributed by atoms with Gasteiger partial charge in [0.2, 0.25) is 0 Å². The first-order valence-corrected chi connectivity index (χ1v) is 5.84. The van der Waals surface area contributed by atoms with Crippen molar-refractivity contribution in [3.05, 3.63) is 29.3 Å². The second-order valence-corrected chi connectivity index (χ2v) is 4.22. The number of rotatable bonds is 5. The molecule has 1 aromatic rings. The monoisotopic (exact) mass is 206 g/mol. The third-order valence-electron chi connectivity index (χ3n) is 3.07. The van der Waals surface area contributed by atoms with E-state index in [0.717, 1.165) is 5.75 Å². The molecule has 0 aromatic heterocycles. The van der Waals surface area contributed by atoms with Crippen molar-refractivity contribution >= 4 is 0 Å². The first-order valence-electron chi connectivity index (χ1n) is 5.84. The quantitative estimate of drug-likeness (QED) is 0.698. The molecule has 0 amide bonds. The Morgan fingerprint density at radius 2 is 2.07 bits per heavy atom. The Morgan fingerprint density at radius 3 is 2.67 bits per heavy atom. The van der Waals surface area contributed by atoms with Crippen molar-refractivity contribution in [2.24, 2.45) is 0 Å². The van der Waals surface area contributed by atoms with Crippen molar-refractivity contribution in [3.63, 3.8) is 0 Å². The average Bonchev–Trinajstić information content (AvgIpc) is 2.26. The molecule has 0 radical (unpaired) electrons. The van der Waals surface area contributed by atoms with Crippen LogP contribution >= 0.6 is 0 Å². The summed E-state index contributed by atoms with van der Waals surface area (Å²) in [7, 11) is 1.74. The van der Waals surface area contributed by atoms with Crippen molar-refractivity contribution in [2.75, 3.05) is 7.11 Å². The van der Waals surface area contributed by atoms with E-state index in [1.165, 1.54) is 30.4 Å². The topological polar surface area (TPSA) is 9.23 Å². The fraction of sp³-hybridized carbons (Fsp3) is 0.571. The van der Waals surface area contributed by atoms with Gasteiger partial charge in [-0.05, 0) is 36.5 Å². The SMILES string of the molecule is CCCCC(C)c1cccc(OC)c1C. The number of hydrogen-bond acceptors (Lipinski definition) is 1. The van der Waals surface area contributed by atoms with Gasteiger partial charge in [0.15, 0.2) is 0 Å². The highest BCUT2D eigenvalue weighted by molar-refractivity contribution is 5.40. The van der Waals surface area contributed by atoms with Crippen LogP contribution in [0.3, 0.4) is 0 Å². The van der Waals surface area contributed by atoms with Crippen LogP contribution in [0.5, 0.6) is 5.75 Å². The fourth-order valence-electron chi connectivity index (χ4n) is 2.05. The Labute approximate surface area is 93.5 Å². The van der Waals surface area contributed by atoms with Crippen molar-refractivity contribution in [1.29, 1.82) is 0 Å². The standard InChI is InChI=1S/C14H22O/c1-5-6-8-11(2)13-9-7-10-14(15-4)12(13)3/h7,9-11H,5-6,8H2,1-4H3. The van der Waals surface area contributed by atoms with Gasteiger partial charge in [-0.2, -0.15) is 0 Å². The van der Waals surface area contributed by atoms with E-state index in [4.69, 9.17) is 4.74 Å². The molecule has 0 spiro atoms. The lowest BCUT2D eigenvalue weighted by atomic mass is 9.92. The van der Waals surface area contributed by atoms with Gasteiger partial charge in [0.1, 0.15) is 5.75 Å². The highest BCUT2D eigenvalue weighted by atomic mass is 16.5. The van der Waals surface area contributed by atoms with Crippen molar-refractivity contribution in [3.8, 4) is 5.75 Å². The minimum Gasteiger partial charge on any atom is -0.496 e. The first-order chi connectivity index (χ1) is 7.20. The summed E-state index contributed by atoms with van der Waals surface area (Å²) in [5.74, 6) is 1.65. The lowest BCUT2D eigenvalue weighted by Gasteiger charge is -2.16. The normalized spacial score (nSPS) is 12.5. The summed E-state index contributed by atoms with van der Waals surface area (Å²) in [5.41, 5.74) is 2.73. The number of methoxy groups -OCH3 is 1. The Morgan fingerprint density at radius 1 is 1.33 bits per heavy atom. The van der Waals surface area contributed by atoms with Gasteiger partial charge in [-0.25, -0.2) is 0 Å². The van der Waals surface area contributed by atoms with Crippen molar-refractivity contribution < 1.29 is 4.74 Å². The number of hydrogen-bond donors (Lipinski definition) is 0. The molecule has 1 nitrogen and oxygen atoms in total. The Hall–Kier alpha value is -0.980. The van der Waals surface area contributed by atoms with E-state index < -0.39 is 0 Å². The molecule has 0 bridgehead atoms. The minimum absolute atomic E-state index is 0.639. The van der Waals surface area contributed by atoms with Crippen LogP contribution in [0.25, 0.3) is 0 Å². The molecular formula is C14H22O. The van der Waals surface area contributed by atoms with Crippen LogP contribution in [0.2, 0.25) is 0 Å². The molecule has 1 unspecified atom stereocenters. The van der Waals surface area contributed by atoms with E-state index in [1.54, 1.807) is 7.11 Å². The zero-order valence-corrected chi connectivity index (χ0v) is 10.3. The molecule has 0 saturated heterocycles. The molecule has 0 aliphatic heterocycles. The van der Waals surface area contributed by atoms with Gasteiger partial charge in [-0.15, -0.1) is 0 Å². The van der Waals surface area contributed by atoms with Crippen LogP contribution in [-0.4, -0.2) is 7.11 Å². The van der Waals surface area contributed by atoms with Crippen LogP contribution in [0, 0.1) is 6.92 Å². The third kappa shape index (κ3) is 2.98. The first kappa shape index (κ1) is 12.1. The van der Waals surface area contributed by atoms with Gasteiger partial charge in [0.25, 0.3) is 0 Å². The van der Waals surface area contributed by atoms with Crippen LogP contribution in [-0.2, 0) is 0 Å². The summed E-state index contributed by atoms with van der Waals surface area (Å²) in [6, 6.07) is 6.34. The van der Waals surface area contributed by atoms with Crippen molar-refractivity contribution in [2.45, 2.75) is 46.0 Å². The second-order valence-electron chi connectivity index (χ2n) is 4.22. The molecule has 1 heteroatoms. The van der Waals surface area contributed by atoms with Crippen LogP contribution in [0.4, 0.5) is 0 Å². The third-order valence-corrected chi connectivity index (χ3v) is 3.07. The van der Waals surface area contributed by atoms with E-state index in [0.29, 0.717) is 5.92 Å². The van der Waals surface area contributed by atoms with Crippen LogP contribution in [0.15, 0.2) is 18.2 Å². The molecule has 0 fully saturated rings. The van der Waals surface area contributed by atoms with Crippen LogP contribution in [0.1, 0.15) is 50.2 Å². The molecular weight excluding hydrogens is 184 g/mol. The second kappa shape index (κ2) is 5.79. The molecule has 0 aliphatic carbocycles. The fourth-order valence-corrected chi connectivity index (χ4v) is 2.05.